The molecule has 2 aliphatic heterocycles. The van der Waals surface area contributed by atoms with Gasteiger partial charge in [-0.2, -0.15) is 4.31 Å². The number of pyridine rings is 1. The Morgan fingerprint density at radius 1 is 1.04 bits per heavy atom. The molecule has 0 aliphatic carbocycles. The zero-order valence-electron chi connectivity index (χ0n) is 32.4. The molecule has 1 unspecified atom stereocenters. The Bertz CT molecular complexity index is 1530. The predicted octanol–water partition coefficient (Wildman–Crippen LogP) is 3.54. The molecule has 2 saturated heterocycles. The number of rotatable bonds is 11. The average Bonchev–Trinajstić information content (AvgIpc) is 3.56. The van der Waals surface area contributed by atoms with Gasteiger partial charge in [0.2, 0.25) is 17.6 Å². The van der Waals surface area contributed by atoms with Crippen LogP contribution in [0.5, 0.6) is 0 Å². The molecule has 0 spiro atoms. The number of urea groups is 1. The van der Waals surface area contributed by atoms with Crippen molar-refractivity contribution in [1.29, 1.82) is 0 Å². The summed E-state index contributed by atoms with van der Waals surface area (Å²) in [7, 11) is -2.51. The van der Waals surface area contributed by atoms with Gasteiger partial charge in [-0.3, -0.25) is 19.2 Å². The summed E-state index contributed by atoms with van der Waals surface area (Å²) in [5.41, 5.74) is -0.574. The Morgan fingerprint density at radius 2 is 1.68 bits per heavy atom. The Morgan fingerprint density at radius 3 is 2.26 bits per heavy atom. The molecule has 3 rings (SSSR count). The first-order valence-corrected chi connectivity index (χ1v) is 20.4. The predicted molar refractivity (Wildman–Crippen MR) is 203 cm³/mol. The van der Waals surface area contributed by atoms with E-state index in [1.54, 1.807) is 12.1 Å². The minimum absolute atomic E-state index is 0.0285. The molecule has 5 amide bonds. The van der Waals surface area contributed by atoms with Crippen molar-refractivity contribution in [1.82, 2.24) is 35.5 Å². The maximum Gasteiger partial charge on any atom is 0.315 e. The molecule has 4 N–H and O–H groups in total. The van der Waals surface area contributed by atoms with E-state index in [0.29, 0.717) is 38.6 Å². The van der Waals surface area contributed by atoms with E-state index in [-0.39, 0.29) is 30.0 Å². The first-order valence-electron chi connectivity index (χ1n) is 19.0. The number of fused-ring (bicyclic) bond motifs is 1. The van der Waals surface area contributed by atoms with Crippen LogP contribution in [0.2, 0.25) is 0 Å². The van der Waals surface area contributed by atoms with Crippen LogP contribution in [-0.4, -0.2) is 103 Å². The molecular formula is C38H61N7O7S. The lowest BCUT2D eigenvalue weighted by atomic mass is 9.86. The van der Waals surface area contributed by atoms with E-state index in [2.05, 4.69) is 32.8 Å². The maximum absolute atomic E-state index is 14.4. The minimum atomic E-state index is -3.94. The fourth-order valence-corrected chi connectivity index (χ4v) is 8.09. The van der Waals surface area contributed by atoms with Crippen LogP contribution in [0.15, 0.2) is 42.1 Å². The summed E-state index contributed by atoms with van der Waals surface area (Å²) in [6.07, 6.45) is 9.91. The number of sulfonamides is 1. The van der Waals surface area contributed by atoms with Gasteiger partial charge >= 0.3 is 6.03 Å². The zero-order chi connectivity index (χ0) is 39.3. The average molecular weight is 760 g/mol. The van der Waals surface area contributed by atoms with E-state index < -0.39 is 69.1 Å². The van der Waals surface area contributed by atoms with Crippen LogP contribution in [-0.2, 0) is 29.2 Å². The van der Waals surface area contributed by atoms with Crippen molar-refractivity contribution in [2.75, 3.05) is 26.7 Å². The van der Waals surface area contributed by atoms with Crippen molar-refractivity contribution < 1.29 is 32.4 Å². The lowest BCUT2D eigenvalue weighted by Gasteiger charge is -2.35. The van der Waals surface area contributed by atoms with Gasteiger partial charge in [0.25, 0.3) is 15.9 Å². The Kier molecular flexibility index (Phi) is 16.4. The number of hydrogen-bond donors (Lipinski definition) is 4. The minimum Gasteiger partial charge on any atom is -0.346 e. The molecule has 0 saturated carbocycles. The first kappa shape index (κ1) is 43.6. The lowest BCUT2D eigenvalue weighted by molar-refractivity contribution is -0.143. The number of carbonyl (C=O) groups is 5. The van der Waals surface area contributed by atoms with Gasteiger partial charge in [0.15, 0.2) is 5.03 Å². The number of aromatic nitrogens is 1. The van der Waals surface area contributed by atoms with E-state index in [4.69, 9.17) is 0 Å². The molecule has 1 aromatic heterocycles. The SMILES string of the molecule is C=CCNC(=O)C(=O)[C@@H]1CCCCCCCCC[C@H](NC(=O)N[C@H](CN(C)S(=O)(=O)c2ccccn2)C(C)(C)C)C(=O)N2CCC(C(C)C)[C@H]2C(=O)N1. The largest absolute Gasteiger partial charge is 0.346 e. The van der Waals surface area contributed by atoms with Gasteiger partial charge in [-0.1, -0.05) is 91.7 Å². The van der Waals surface area contributed by atoms with E-state index in [1.807, 2.05) is 34.6 Å². The number of Topliss-reactive ketones (excluding diaryl/α,β-unsaturated/α-hetero) is 1. The van der Waals surface area contributed by atoms with Gasteiger partial charge in [-0.25, -0.2) is 18.2 Å². The standard InChI is InChI=1S/C38H61N7O7S/c1-8-22-40-35(48)33(46)28-18-14-12-10-9-11-13-15-19-29(36(49)45-24-21-27(26(2)3)32(45)34(47)41-28)42-37(50)43-30(38(4,5)6)25-44(7)53(51,52)31-20-16-17-23-39-31/h8,16-17,20,23,26-30,32H,1,9-15,18-19,21-22,24-25H2,2-7H3,(H,40,48)(H,41,47)(H2,42,43,50)/t27?,28-,29-,30+,32-/m0/s1. The summed E-state index contributed by atoms with van der Waals surface area (Å²) >= 11 is 0. The first-order chi connectivity index (χ1) is 25.0. The van der Waals surface area contributed by atoms with Crippen LogP contribution in [0.25, 0.3) is 0 Å². The molecule has 0 aromatic carbocycles. The number of nitrogens with one attached hydrogen (secondary N) is 4. The third-order valence-corrected chi connectivity index (χ3v) is 12.0. The van der Waals surface area contributed by atoms with Crippen molar-refractivity contribution in [3.05, 3.63) is 37.1 Å². The number of likely N-dealkylation sites (N-methyl/N-ethyl adjacent to an activating group) is 1. The van der Waals surface area contributed by atoms with Crippen LogP contribution < -0.4 is 21.3 Å². The molecule has 14 nitrogen and oxygen atoms in total. The summed E-state index contributed by atoms with van der Waals surface area (Å²) in [5.74, 6) is -2.61. The Balaban J connectivity index is 1.87. The molecule has 15 heteroatoms. The van der Waals surface area contributed by atoms with Crippen molar-refractivity contribution in [3.63, 3.8) is 0 Å². The number of amides is 5. The number of nitrogens with zero attached hydrogens (tertiary/aromatic N) is 3. The van der Waals surface area contributed by atoms with Gasteiger partial charge in [-0.15, -0.1) is 6.58 Å². The summed E-state index contributed by atoms with van der Waals surface area (Å²) in [4.78, 5) is 73.7. The molecule has 0 radical (unpaired) electrons. The molecule has 1 aromatic rings. The van der Waals surface area contributed by atoms with Crippen LogP contribution in [0.4, 0.5) is 4.79 Å². The van der Waals surface area contributed by atoms with Crippen molar-refractivity contribution >= 4 is 39.6 Å². The van der Waals surface area contributed by atoms with Gasteiger partial charge in [0.1, 0.15) is 12.1 Å². The molecule has 0 bridgehead atoms. The monoisotopic (exact) mass is 759 g/mol. The number of ketones is 1. The van der Waals surface area contributed by atoms with Crippen LogP contribution in [0, 0.1) is 17.3 Å². The maximum atomic E-state index is 14.4. The molecule has 3 heterocycles. The second-order valence-corrected chi connectivity index (χ2v) is 17.7. The fourth-order valence-electron chi connectivity index (χ4n) is 6.98. The normalized spacial score (nSPS) is 23.1. The van der Waals surface area contributed by atoms with E-state index in [1.165, 1.54) is 30.3 Å². The van der Waals surface area contributed by atoms with Crippen molar-refractivity contribution in [2.24, 2.45) is 17.3 Å². The molecule has 53 heavy (non-hydrogen) atoms. The second-order valence-electron chi connectivity index (χ2n) is 15.7. The van der Waals surface area contributed by atoms with Crippen LogP contribution >= 0.6 is 0 Å². The van der Waals surface area contributed by atoms with Crippen LogP contribution in [0.3, 0.4) is 0 Å². The Labute approximate surface area is 315 Å². The Hall–Kier alpha value is -3.85. The highest BCUT2D eigenvalue weighted by molar-refractivity contribution is 7.89. The summed E-state index contributed by atoms with van der Waals surface area (Å²) in [6.45, 7) is 13.6. The van der Waals surface area contributed by atoms with Gasteiger partial charge in [0.05, 0.1) is 6.04 Å². The highest BCUT2D eigenvalue weighted by atomic mass is 32.2. The molecule has 2 aliphatic rings. The topological polar surface area (TPSA) is 187 Å². The molecule has 5 atom stereocenters. The zero-order valence-corrected chi connectivity index (χ0v) is 33.2. The molecule has 2 fully saturated rings. The third kappa shape index (κ3) is 12.3. The number of hydrogen-bond acceptors (Lipinski definition) is 8. The smallest absolute Gasteiger partial charge is 0.315 e. The quantitative estimate of drug-likeness (QED) is 0.195. The van der Waals surface area contributed by atoms with Gasteiger partial charge < -0.3 is 26.2 Å². The summed E-state index contributed by atoms with van der Waals surface area (Å²) in [6, 6.07) is 0.451. The van der Waals surface area contributed by atoms with E-state index >= 15 is 0 Å². The van der Waals surface area contributed by atoms with Gasteiger partial charge in [0, 0.05) is 38.9 Å². The van der Waals surface area contributed by atoms with E-state index in [0.717, 1.165) is 36.4 Å². The van der Waals surface area contributed by atoms with E-state index in [9.17, 15) is 32.4 Å². The second kappa shape index (κ2) is 20.0. The highest BCUT2D eigenvalue weighted by Gasteiger charge is 2.46. The fraction of sp³-hybridized carbons (Fsp3) is 0.684. The highest BCUT2D eigenvalue weighted by Crippen LogP contribution is 2.32. The lowest BCUT2D eigenvalue weighted by Crippen LogP contribution is -2.60. The third-order valence-electron chi connectivity index (χ3n) is 10.3. The van der Waals surface area contributed by atoms with Crippen LogP contribution in [0.1, 0.15) is 98.8 Å². The number of carbonyl (C=O) groups excluding carboxylic acids is 5. The van der Waals surface area contributed by atoms with Gasteiger partial charge in [-0.05, 0) is 48.6 Å². The molecular weight excluding hydrogens is 699 g/mol. The molecule has 296 valence electrons. The summed E-state index contributed by atoms with van der Waals surface area (Å²) in [5, 5.41) is 11.1. The summed E-state index contributed by atoms with van der Waals surface area (Å²) < 4.78 is 27.7. The van der Waals surface area contributed by atoms with Crippen molar-refractivity contribution in [3.8, 4) is 0 Å². The van der Waals surface area contributed by atoms with Crippen molar-refractivity contribution in [2.45, 2.75) is 128 Å².